The van der Waals surface area contributed by atoms with Crippen LogP contribution in [0, 0.1) is 0 Å². The van der Waals surface area contributed by atoms with E-state index in [1.807, 2.05) is 0 Å². The van der Waals surface area contributed by atoms with Crippen LogP contribution in [0.5, 0.6) is 23.0 Å². The minimum absolute atomic E-state index is 0.0501. The van der Waals surface area contributed by atoms with Crippen LogP contribution in [0.3, 0.4) is 0 Å². The maximum Gasteiger partial charge on any atom is 0.243 e. The lowest BCUT2D eigenvalue weighted by Gasteiger charge is -2.23. The zero-order chi connectivity index (χ0) is 21.7. The molecule has 0 aromatic heterocycles. The predicted molar refractivity (Wildman–Crippen MR) is 108 cm³/mol. The van der Waals surface area contributed by atoms with Crippen LogP contribution >= 0.6 is 0 Å². The molecular weight excluding hydrogens is 392 g/mol. The fourth-order valence-electron chi connectivity index (χ4n) is 2.75. The zero-order valence-corrected chi connectivity index (χ0v) is 17.0. The van der Waals surface area contributed by atoms with E-state index < -0.39 is 11.8 Å². The van der Waals surface area contributed by atoms with Crippen molar-refractivity contribution < 1.29 is 33.6 Å². The first-order valence-electron chi connectivity index (χ1n) is 9.29. The summed E-state index contributed by atoms with van der Waals surface area (Å²) in [6.45, 7) is 2.31. The van der Waals surface area contributed by atoms with Crippen molar-refractivity contribution in [3.63, 3.8) is 0 Å². The Balaban J connectivity index is 1.74. The van der Waals surface area contributed by atoms with Gasteiger partial charge in [0.05, 0.1) is 27.2 Å². The Morgan fingerprint density at radius 2 is 1.83 bits per heavy atom. The van der Waals surface area contributed by atoms with Crippen molar-refractivity contribution in [3.8, 4) is 23.0 Å². The van der Waals surface area contributed by atoms with Gasteiger partial charge in [0.25, 0.3) is 0 Å². The number of hydrogen-bond donors (Lipinski definition) is 2. The molecule has 1 aliphatic rings. The topological polar surface area (TPSA) is 110 Å². The first-order chi connectivity index (χ1) is 14.4. The van der Waals surface area contributed by atoms with Gasteiger partial charge in [-0.25, -0.2) is 5.01 Å². The van der Waals surface area contributed by atoms with E-state index in [2.05, 4.69) is 5.43 Å². The molecule has 0 radical (unpaired) electrons. The van der Waals surface area contributed by atoms with Gasteiger partial charge >= 0.3 is 0 Å². The van der Waals surface area contributed by atoms with E-state index in [-0.39, 0.29) is 24.0 Å². The van der Waals surface area contributed by atoms with E-state index in [1.54, 1.807) is 31.4 Å². The minimum Gasteiger partial charge on any atom is -0.506 e. The van der Waals surface area contributed by atoms with Crippen molar-refractivity contribution in [1.29, 1.82) is 0 Å². The molecule has 0 bridgehead atoms. The molecule has 1 fully saturated rings. The van der Waals surface area contributed by atoms with Crippen LogP contribution in [0.1, 0.15) is 12.5 Å². The average Bonchev–Trinajstić information content (AvgIpc) is 3.55. The number of methoxy groups -OCH3 is 2. The van der Waals surface area contributed by atoms with Crippen LogP contribution in [-0.2, 0) is 20.7 Å². The molecule has 2 aromatic rings. The quantitative estimate of drug-likeness (QED) is 0.499. The van der Waals surface area contributed by atoms with Crippen molar-refractivity contribution in [2.24, 2.45) is 0 Å². The summed E-state index contributed by atoms with van der Waals surface area (Å²) in [7, 11) is 3.00. The lowest BCUT2D eigenvalue weighted by molar-refractivity contribution is -0.124. The highest BCUT2D eigenvalue weighted by atomic mass is 16.6. The molecule has 3 rings (SSSR count). The Bertz CT molecular complexity index is 928. The second kappa shape index (κ2) is 9.36. The summed E-state index contributed by atoms with van der Waals surface area (Å²) in [4.78, 5) is 24.8. The van der Waals surface area contributed by atoms with Gasteiger partial charge in [0, 0.05) is 24.6 Å². The number of anilines is 1. The molecule has 160 valence electrons. The van der Waals surface area contributed by atoms with Gasteiger partial charge in [-0.2, -0.15) is 0 Å². The molecule has 2 N–H and O–H groups in total. The Morgan fingerprint density at radius 3 is 2.43 bits per heavy atom. The molecule has 1 aliphatic heterocycles. The first kappa shape index (κ1) is 21.3. The number of rotatable bonds is 8. The van der Waals surface area contributed by atoms with Crippen molar-refractivity contribution in [1.82, 2.24) is 5.43 Å². The molecule has 1 saturated heterocycles. The summed E-state index contributed by atoms with van der Waals surface area (Å²) in [6.07, 6.45) is 0.00933. The lowest BCUT2D eigenvalue weighted by Crippen LogP contribution is -2.46. The highest BCUT2D eigenvalue weighted by Crippen LogP contribution is 2.31. The smallest absolute Gasteiger partial charge is 0.243 e. The van der Waals surface area contributed by atoms with Crippen LogP contribution in [0.15, 0.2) is 36.4 Å². The van der Waals surface area contributed by atoms with E-state index in [0.717, 1.165) is 5.01 Å². The van der Waals surface area contributed by atoms with Gasteiger partial charge < -0.3 is 24.1 Å². The number of epoxide rings is 1. The van der Waals surface area contributed by atoms with E-state index in [4.69, 9.17) is 18.9 Å². The van der Waals surface area contributed by atoms with Crippen molar-refractivity contribution in [3.05, 3.63) is 42.0 Å². The Labute approximate surface area is 174 Å². The Morgan fingerprint density at radius 1 is 1.17 bits per heavy atom. The molecule has 1 atom stereocenters. The molecule has 9 nitrogen and oxygen atoms in total. The second-order valence-electron chi connectivity index (χ2n) is 6.66. The number of carbonyl (C=O) groups excluding carboxylic acids is 2. The monoisotopic (exact) mass is 416 g/mol. The van der Waals surface area contributed by atoms with Crippen LogP contribution in [0.2, 0.25) is 0 Å². The lowest BCUT2D eigenvalue weighted by atomic mass is 10.1. The number of aromatic hydroxyl groups is 1. The van der Waals surface area contributed by atoms with E-state index in [1.165, 1.54) is 26.2 Å². The third-order valence-corrected chi connectivity index (χ3v) is 4.43. The molecule has 0 saturated carbocycles. The number of phenols is 1. The number of nitrogens with one attached hydrogen (secondary N) is 1. The van der Waals surface area contributed by atoms with Gasteiger partial charge in [-0.3, -0.25) is 15.0 Å². The normalized spacial score (nSPS) is 14.6. The Hall–Kier alpha value is -3.46. The fourth-order valence-corrected chi connectivity index (χ4v) is 2.75. The number of hydrazine groups is 1. The molecule has 30 heavy (non-hydrogen) atoms. The fraction of sp³-hybridized carbons (Fsp3) is 0.333. The van der Waals surface area contributed by atoms with E-state index >= 15 is 0 Å². The average molecular weight is 416 g/mol. The summed E-state index contributed by atoms with van der Waals surface area (Å²) in [5.41, 5.74) is 3.28. The number of phenolic OH excluding ortho intramolecular Hbond substituents is 1. The van der Waals surface area contributed by atoms with Gasteiger partial charge in [-0.15, -0.1) is 0 Å². The van der Waals surface area contributed by atoms with E-state index in [0.29, 0.717) is 36.0 Å². The van der Waals surface area contributed by atoms with Gasteiger partial charge in [0.2, 0.25) is 11.8 Å². The van der Waals surface area contributed by atoms with Gasteiger partial charge in [-0.1, -0.05) is 6.07 Å². The number of benzene rings is 2. The highest BCUT2D eigenvalue weighted by Gasteiger charge is 2.24. The molecule has 2 aromatic carbocycles. The number of nitrogens with zero attached hydrogens (tertiary/aromatic N) is 1. The third kappa shape index (κ3) is 5.32. The Kier molecular flexibility index (Phi) is 6.63. The number of ether oxygens (including phenoxy) is 4. The molecule has 0 spiro atoms. The highest BCUT2D eigenvalue weighted by molar-refractivity contribution is 5.96. The van der Waals surface area contributed by atoms with Crippen LogP contribution < -0.4 is 24.6 Å². The number of amides is 2. The van der Waals surface area contributed by atoms with Gasteiger partial charge in [0.15, 0.2) is 0 Å². The first-order valence-corrected chi connectivity index (χ1v) is 9.29. The van der Waals surface area contributed by atoms with Crippen LogP contribution in [0.4, 0.5) is 5.69 Å². The molecule has 0 unspecified atom stereocenters. The molecule has 0 aliphatic carbocycles. The summed E-state index contributed by atoms with van der Waals surface area (Å²) in [5.74, 6) is 0.383. The summed E-state index contributed by atoms with van der Waals surface area (Å²) < 4.78 is 21.2. The zero-order valence-electron chi connectivity index (χ0n) is 17.0. The van der Waals surface area contributed by atoms with Crippen molar-refractivity contribution in [2.45, 2.75) is 19.4 Å². The second-order valence-corrected chi connectivity index (χ2v) is 6.66. The largest absolute Gasteiger partial charge is 0.506 e. The maximum absolute atomic E-state index is 12.7. The molecular formula is C21H24N2O7. The third-order valence-electron chi connectivity index (χ3n) is 4.43. The number of hydrogen-bond acceptors (Lipinski definition) is 7. The van der Waals surface area contributed by atoms with Crippen molar-refractivity contribution in [2.75, 3.05) is 32.4 Å². The van der Waals surface area contributed by atoms with Crippen molar-refractivity contribution >= 4 is 17.5 Å². The molecule has 9 heteroatoms. The van der Waals surface area contributed by atoms with Crippen LogP contribution in [0.25, 0.3) is 0 Å². The van der Waals surface area contributed by atoms with Gasteiger partial charge in [-0.05, 0) is 18.2 Å². The predicted octanol–water partition coefficient (Wildman–Crippen LogP) is 1.81. The molecule has 2 amide bonds. The summed E-state index contributed by atoms with van der Waals surface area (Å²) >= 11 is 0. The summed E-state index contributed by atoms with van der Waals surface area (Å²) in [6, 6.07) is 9.56. The molecule has 1 heterocycles. The SMILES string of the molecule is COc1ccc(N(NC(=O)Cc2ccc(OC)cc2OC[C@@H]2CO2)C(C)=O)c(O)c1. The minimum atomic E-state index is -0.471. The number of carbonyl (C=O) groups is 2. The van der Waals surface area contributed by atoms with Gasteiger partial charge in [0.1, 0.15) is 41.4 Å². The van der Waals surface area contributed by atoms with Crippen LogP contribution in [-0.4, -0.2) is 50.5 Å². The van der Waals surface area contributed by atoms with E-state index in [9.17, 15) is 14.7 Å². The summed E-state index contributed by atoms with van der Waals surface area (Å²) in [5, 5.41) is 11.2. The standard InChI is InChI=1S/C21H24N2O7/c1-13(24)23(18-7-6-15(27-2)9-19(18)25)22-21(26)8-14-4-5-16(28-3)10-20(14)30-12-17-11-29-17/h4-7,9-10,17,25H,8,11-12H2,1-3H3,(H,22,26)/t17-/m0/s1. The maximum atomic E-state index is 12.7.